The molecule has 1 saturated heterocycles. The van der Waals surface area contributed by atoms with E-state index in [1.54, 1.807) is 12.3 Å². The Morgan fingerprint density at radius 2 is 2.23 bits per heavy atom. The monoisotopic (exact) mass is 322 g/mol. The highest BCUT2D eigenvalue weighted by molar-refractivity contribution is 7.90. The lowest BCUT2D eigenvalue weighted by molar-refractivity contribution is 0.0652. The second-order valence-electron chi connectivity index (χ2n) is 6.16. The summed E-state index contributed by atoms with van der Waals surface area (Å²) in [5.41, 5.74) is 3.29. The maximum Gasteiger partial charge on any atom is 0.192 e. The van der Waals surface area contributed by atoms with Crippen molar-refractivity contribution in [2.24, 2.45) is 5.92 Å². The normalized spacial score (nSPS) is 25.6. The Kier molecular flexibility index (Phi) is 4.23. The van der Waals surface area contributed by atoms with Crippen molar-refractivity contribution in [2.45, 2.75) is 37.3 Å². The zero-order valence-corrected chi connectivity index (χ0v) is 13.8. The first-order valence-electron chi connectivity index (χ1n) is 7.66. The molecule has 0 amide bonds. The van der Waals surface area contributed by atoms with Crippen LogP contribution in [0.2, 0.25) is 0 Å². The summed E-state index contributed by atoms with van der Waals surface area (Å²) in [5.74, 6) is 0.460. The van der Waals surface area contributed by atoms with E-state index >= 15 is 0 Å². The number of aryl methyl sites for hydroxylation is 1. The van der Waals surface area contributed by atoms with Gasteiger partial charge in [0.15, 0.2) is 14.9 Å². The lowest BCUT2D eigenvalue weighted by atomic mass is 9.99. The minimum absolute atomic E-state index is 0.139. The van der Waals surface area contributed by atoms with Gasteiger partial charge in [-0.15, -0.1) is 0 Å². The molecule has 2 unspecified atom stereocenters. The number of ether oxygens (including phenoxy) is 1. The van der Waals surface area contributed by atoms with Crippen LogP contribution in [0.5, 0.6) is 0 Å². The van der Waals surface area contributed by atoms with E-state index in [1.165, 1.54) is 12.0 Å². The van der Waals surface area contributed by atoms with Crippen LogP contribution in [0.4, 0.5) is 0 Å². The van der Waals surface area contributed by atoms with Crippen LogP contribution in [0.25, 0.3) is 0 Å². The zero-order chi connectivity index (χ0) is 15.7. The Balaban J connectivity index is 1.74. The molecule has 2 aliphatic heterocycles. The van der Waals surface area contributed by atoms with Gasteiger partial charge in [-0.05, 0) is 43.4 Å². The Labute approximate surface area is 131 Å². The highest BCUT2D eigenvalue weighted by Crippen LogP contribution is 2.32. The molecule has 1 aromatic heterocycles. The molecule has 1 N–H and O–H groups in total. The van der Waals surface area contributed by atoms with Crippen molar-refractivity contribution in [3.8, 4) is 0 Å². The second-order valence-corrected chi connectivity index (χ2v) is 8.12. The summed E-state index contributed by atoms with van der Waals surface area (Å²) < 4.78 is 28.7. The van der Waals surface area contributed by atoms with Gasteiger partial charge in [0.2, 0.25) is 0 Å². The van der Waals surface area contributed by atoms with E-state index in [-0.39, 0.29) is 11.1 Å². The summed E-state index contributed by atoms with van der Waals surface area (Å²) in [6.07, 6.45) is 8.30. The van der Waals surface area contributed by atoms with Crippen LogP contribution in [-0.2, 0) is 14.6 Å². The maximum atomic E-state index is 11.6. The van der Waals surface area contributed by atoms with Crippen molar-refractivity contribution in [2.75, 3.05) is 19.5 Å². The molecular formula is C16H22N2O3S. The van der Waals surface area contributed by atoms with Crippen LogP contribution >= 0.6 is 0 Å². The molecule has 0 radical (unpaired) electrons. The van der Waals surface area contributed by atoms with E-state index in [2.05, 4.69) is 16.4 Å². The summed E-state index contributed by atoms with van der Waals surface area (Å²) >= 11 is 0. The van der Waals surface area contributed by atoms with Gasteiger partial charge in [0, 0.05) is 30.7 Å². The summed E-state index contributed by atoms with van der Waals surface area (Å²) in [7, 11) is -3.25. The molecule has 0 spiro atoms. The maximum absolute atomic E-state index is 11.6. The van der Waals surface area contributed by atoms with Gasteiger partial charge in [0.1, 0.15) is 0 Å². The van der Waals surface area contributed by atoms with Gasteiger partial charge in [-0.3, -0.25) is 0 Å². The summed E-state index contributed by atoms with van der Waals surface area (Å²) in [6.45, 7) is 3.59. The van der Waals surface area contributed by atoms with Gasteiger partial charge in [-0.1, -0.05) is 6.08 Å². The van der Waals surface area contributed by atoms with Crippen LogP contribution in [0.3, 0.4) is 0 Å². The van der Waals surface area contributed by atoms with Gasteiger partial charge in [-0.25, -0.2) is 13.4 Å². The van der Waals surface area contributed by atoms with Crippen LogP contribution in [0.15, 0.2) is 29.1 Å². The quantitative estimate of drug-likeness (QED) is 0.923. The number of aromatic nitrogens is 1. The minimum Gasteiger partial charge on any atom is -0.381 e. The third-order valence-electron chi connectivity index (χ3n) is 4.40. The molecule has 0 aromatic carbocycles. The molecule has 2 aliphatic rings. The molecule has 3 rings (SSSR count). The zero-order valence-electron chi connectivity index (χ0n) is 13.0. The van der Waals surface area contributed by atoms with Crippen LogP contribution in [0, 0.1) is 12.8 Å². The molecule has 120 valence electrons. The number of pyridine rings is 1. The molecule has 1 fully saturated rings. The van der Waals surface area contributed by atoms with Crippen molar-refractivity contribution in [3.05, 3.63) is 35.2 Å². The SMILES string of the molecule is Cc1cc(S(C)(=O)=O)ncc1C1CC=C(C2CCCOC2)N1. The molecule has 1 aromatic rings. The lowest BCUT2D eigenvalue weighted by Crippen LogP contribution is -2.26. The van der Waals surface area contributed by atoms with Gasteiger partial charge >= 0.3 is 0 Å². The third kappa shape index (κ3) is 3.17. The molecular weight excluding hydrogens is 300 g/mol. The minimum atomic E-state index is -3.25. The first kappa shape index (κ1) is 15.5. The molecule has 5 nitrogen and oxygen atoms in total. The Morgan fingerprint density at radius 3 is 2.86 bits per heavy atom. The van der Waals surface area contributed by atoms with Gasteiger partial charge in [-0.2, -0.15) is 0 Å². The first-order valence-corrected chi connectivity index (χ1v) is 9.55. The van der Waals surface area contributed by atoms with Crippen molar-refractivity contribution in [1.29, 1.82) is 0 Å². The largest absolute Gasteiger partial charge is 0.381 e. The highest BCUT2D eigenvalue weighted by atomic mass is 32.2. The standard InChI is InChI=1S/C16H22N2O3S/c1-11-8-16(22(2,19)20)17-9-13(11)15-6-5-14(18-15)12-4-3-7-21-10-12/h5,8-9,12,15,18H,3-4,6-7,10H2,1-2H3. The summed E-state index contributed by atoms with van der Waals surface area (Å²) in [6, 6.07) is 1.84. The fourth-order valence-corrected chi connectivity index (χ4v) is 3.78. The van der Waals surface area contributed by atoms with Crippen molar-refractivity contribution in [3.63, 3.8) is 0 Å². The van der Waals surface area contributed by atoms with Gasteiger partial charge in [0.25, 0.3) is 0 Å². The molecule has 3 heterocycles. The van der Waals surface area contributed by atoms with E-state index in [0.29, 0.717) is 5.92 Å². The number of hydrogen-bond acceptors (Lipinski definition) is 5. The van der Waals surface area contributed by atoms with Crippen LogP contribution in [-0.4, -0.2) is 32.9 Å². The fraction of sp³-hybridized carbons (Fsp3) is 0.562. The predicted octanol–water partition coefficient (Wildman–Crippen LogP) is 2.14. The summed E-state index contributed by atoms with van der Waals surface area (Å²) in [4.78, 5) is 4.12. The van der Waals surface area contributed by atoms with Crippen molar-refractivity contribution < 1.29 is 13.2 Å². The summed E-state index contributed by atoms with van der Waals surface area (Å²) in [5, 5.41) is 3.71. The van der Waals surface area contributed by atoms with E-state index in [4.69, 9.17) is 4.74 Å². The van der Waals surface area contributed by atoms with Gasteiger partial charge < -0.3 is 10.1 Å². The molecule has 0 aliphatic carbocycles. The average molecular weight is 322 g/mol. The number of nitrogens with zero attached hydrogens (tertiary/aromatic N) is 1. The second kappa shape index (κ2) is 6.01. The molecule has 6 heteroatoms. The van der Waals surface area contributed by atoms with E-state index in [0.717, 1.165) is 43.6 Å². The first-order chi connectivity index (χ1) is 10.4. The number of rotatable bonds is 3. The molecule has 22 heavy (non-hydrogen) atoms. The van der Waals surface area contributed by atoms with Crippen molar-refractivity contribution in [1.82, 2.24) is 10.3 Å². The topological polar surface area (TPSA) is 68.3 Å². The smallest absolute Gasteiger partial charge is 0.192 e. The van der Waals surface area contributed by atoms with Gasteiger partial charge in [0.05, 0.1) is 12.6 Å². The highest BCUT2D eigenvalue weighted by Gasteiger charge is 2.26. The molecule has 2 atom stereocenters. The van der Waals surface area contributed by atoms with Crippen molar-refractivity contribution >= 4 is 9.84 Å². The van der Waals surface area contributed by atoms with E-state index in [9.17, 15) is 8.42 Å². The third-order valence-corrected chi connectivity index (χ3v) is 5.38. The number of hydrogen-bond donors (Lipinski definition) is 1. The molecule has 0 bridgehead atoms. The fourth-order valence-electron chi connectivity index (χ4n) is 3.15. The molecule has 0 saturated carbocycles. The number of sulfone groups is 1. The average Bonchev–Trinajstić information content (AvgIpc) is 2.96. The number of nitrogens with one attached hydrogen (secondary N) is 1. The predicted molar refractivity (Wildman–Crippen MR) is 84.2 cm³/mol. The van der Waals surface area contributed by atoms with E-state index in [1.807, 2.05) is 6.92 Å². The van der Waals surface area contributed by atoms with Crippen LogP contribution < -0.4 is 5.32 Å². The Morgan fingerprint density at radius 1 is 1.41 bits per heavy atom. The Hall–Kier alpha value is -1.40. The lowest BCUT2D eigenvalue weighted by Gasteiger charge is -2.25. The van der Waals surface area contributed by atoms with E-state index < -0.39 is 9.84 Å². The van der Waals surface area contributed by atoms with Crippen LogP contribution in [0.1, 0.15) is 36.4 Å². The Bertz CT molecular complexity index is 691.